The Morgan fingerprint density at radius 3 is 0.976 bits per heavy atom. The Labute approximate surface area is 507 Å². The van der Waals surface area contributed by atoms with Gasteiger partial charge in [0.25, 0.3) is 0 Å². The summed E-state index contributed by atoms with van der Waals surface area (Å²) in [6.07, 6.45) is 64.5. The molecular weight excluding hydrogens is 1050 g/mol. The molecule has 7 atom stereocenters. The summed E-state index contributed by atoms with van der Waals surface area (Å²) in [5, 5.41) is 45.3. The zero-order valence-electron chi connectivity index (χ0n) is 53.9. The molecule has 0 aromatic rings. The minimum Gasteiger partial charge on any atom is -0.394 e. The van der Waals surface area contributed by atoms with Crippen molar-refractivity contribution in [1.29, 1.82) is 0 Å². The SMILES string of the molecule is CCCCCCCCCCCCCCCCCCCCCCCCCCCCCCCCCCCCCCCC(=O)NC(COC1OC(CO)C(O)C(OS(=O)(=O)O)C1O)C(O)CCCCCCCCCCCCCCCCCCCC. The lowest BCUT2D eigenvalue weighted by atomic mass is 9.99. The fourth-order valence-electron chi connectivity index (χ4n) is 12.2. The average molecular weight is 1190 g/mol. The van der Waals surface area contributed by atoms with E-state index in [0.717, 1.165) is 51.4 Å². The molecule has 82 heavy (non-hydrogen) atoms. The van der Waals surface area contributed by atoms with E-state index in [9.17, 15) is 38.2 Å². The third-order valence-electron chi connectivity index (χ3n) is 17.7. The van der Waals surface area contributed by atoms with Crippen molar-refractivity contribution >= 4 is 16.3 Å². The predicted octanol–water partition coefficient (Wildman–Crippen LogP) is 18.8. The quantitative estimate of drug-likeness (QED) is 0.0251. The van der Waals surface area contributed by atoms with Gasteiger partial charge >= 0.3 is 10.4 Å². The van der Waals surface area contributed by atoms with Crippen LogP contribution < -0.4 is 5.32 Å². The van der Waals surface area contributed by atoms with Gasteiger partial charge in [0, 0.05) is 6.42 Å². The highest BCUT2D eigenvalue weighted by molar-refractivity contribution is 7.80. The number of nitrogens with one attached hydrogen (secondary N) is 1. The van der Waals surface area contributed by atoms with E-state index in [1.165, 1.54) is 302 Å². The van der Waals surface area contributed by atoms with Gasteiger partial charge in [0.1, 0.15) is 24.4 Å². The van der Waals surface area contributed by atoms with Gasteiger partial charge in [0.15, 0.2) is 6.29 Å². The summed E-state index contributed by atoms with van der Waals surface area (Å²) in [5.74, 6) is -0.219. The van der Waals surface area contributed by atoms with Gasteiger partial charge < -0.3 is 35.2 Å². The van der Waals surface area contributed by atoms with E-state index < -0.39 is 59.9 Å². The molecule has 7 unspecified atom stereocenters. The number of hydrogen-bond acceptors (Lipinski definition) is 10. The third kappa shape index (κ3) is 50.1. The van der Waals surface area contributed by atoms with E-state index in [1.54, 1.807) is 0 Å². The normalized spacial score (nSPS) is 18.4. The van der Waals surface area contributed by atoms with Crippen molar-refractivity contribution in [2.45, 2.75) is 423 Å². The van der Waals surface area contributed by atoms with Crippen LogP contribution in [0.2, 0.25) is 0 Å². The maximum Gasteiger partial charge on any atom is 0.397 e. The number of aliphatic hydroxyl groups excluding tert-OH is 4. The lowest BCUT2D eigenvalue weighted by Gasteiger charge is -2.41. The lowest BCUT2D eigenvalue weighted by Crippen LogP contribution is -2.61. The minimum absolute atomic E-state index is 0.219. The van der Waals surface area contributed by atoms with Crippen LogP contribution in [0.1, 0.15) is 380 Å². The maximum absolute atomic E-state index is 13.2. The molecule has 6 N–H and O–H groups in total. The number of unbranched alkanes of at least 4 members (excludes halogenated alkanes) is 53. The molecule has 0 bridgehead atoms. The number of carbonyl (C=O) groups excluding carboxylic acids is 1. The highest BCUT2D eigenvalue weighted by atomic mass is 32.3. The largest absolute Gasteiger partial charge is 0.397 e. The molecule has 12 nitrogen and oxygen atoms in total. The fourth-order valence-corrected chi connectivity index (χ4v) is 12.7. The first-order valence-electron chi connectivity index (χ1n) is 35.9. The molecule has 1 fully saturated rings. The molecule has 13 heteroatoms. The number of hydrogen-bond donors (Lipinski definition) is 6. The molecule has 0 aromatic carbocycles. The first-order valence-corrected chi connectivity index (χ1v) is 37.3. The summed E-state index contributed by atoms with van der Waals surface area (Å²) >= 11 is 0. The molecule has 1 amide bonds. The lowest BCUT2D eigenvalue weighted by molar-refractivity contribution is -0.298. The maximum atomic E-state index is 13.2. The summed E-state index contributed by atoms with van der Waals surface area (Å²) in [5.41, 5.74) is 0. The Morgan fingerprint density at radius 2 is 0.707 bits per heavy atom. The van der Waals surface area contributed by atoms with Crippen LogP contribution in [0.3, 0.4) is 0 Å². The van der Waals surface area contributed by atoms with Crippen LogP contribution in [0, 0.1) is 0 Å². The van der Waals surface area contributed by atoms with Crippen LogP contribution in [-0.2, 0) is 28.9 Å². The Bertz CT molecular complexity index is 1440. The second-order valence-corrected chi connectivity index (χ2v) is 26.6. The second-order valence-electron chi connectivity index (χ2n) is 25.5. The van der Waals surface area contributed by atoms with Crippen molar-refractivity contribution < 1.29 is 51.8 Å². The monoisotopic (exact) mass is 1190 g/mol. The van der Waals surface area contributed by atoms with E-state index >= 15 is 0 Å². The van der Waals surface area contributed by atoms with Gasteiger partial charge in [-0.3, -0.25) is 9.35 Å². The van der Waals surface area contributed by atoms with Gasteiger partial charge in [-0.2, -0.15) is 8.42 Å². The van der Waals surface area contributed by atoms with Crippen molar-refractivity contribution in [3.05, 3.63) is 0 Å². The first-order chi connectivity index (χ1) is 40.0. The summed E-state index contributed by atoms with van der Waals surface area (Å²) in [7, 11) is -5.08. The molecule has 1 aliphatic heterocycles. The molecule has 490 valence electrons. The number of carbonyl (C=O) groups is 1. The molecular formula is C69H137NO11S. The Balaban J connectivity index is 2.14. The first kappa shape index (κ1) is 79.1. The van der Waals surface area contributed by atoms with E-state index in [1.807, 2.05) is 0 Å². The number of amides is 1. The Hall–Kier alpha value is -0.900. The Kier molecular flexibility index (Phi) is 57.0. The van der Waals surface area contributed by atoms with Crippen molar-refractivity contribution in [3.8, 4) is 0 Å². The van der Waals surface area contributed by atoms with E-state index in [0.29, 0.717) is 12.8 Å². The summed E-state index contributed by atoms with van der Waals surface area (Å²) in [6.45, 7) is 3.53. The van der Waals surface area contributed by atoms with Crippen molar-refractivity contribution in [3.63, 3.8) is 0 Å². The van der Waals surface area contributed by atoms with Crippen LogP contribution in [0.15, 0.2) is 0 Å². The molecule has 0 saturated carbocycles. The molecule has 0 spiro atoms. The Morgan fingerprint density at radius 1 is 0.439 bits per heavy atom. The number of aliphatic hydroxyl groups is 4. The van der Waals surface area contributed by atoms with Gasteiger partial charge in [-0.05, 0) is 12.8 Å². The molecule has 1 heterocycles. The van der Waals surface area contributed by atoms with Crippen LogP contribution >= 0.6 is 0 Å². The van der Waals surface area contributed by atoms with Crippen molar-refractivity contribution in [1.82, 2.24) is 5.32 Å². The van der Waals surface area contributed by atoms with Crippen molar-refractivity contribution in [2.24, 2.45) is 0 Å². The summed E-state index contributed by atoms with van der Waals surface area (Å²) < 4.78 is 48.1. The van der Waals surface area contributed by atoms with Gasteiger partial charge in [0.05, 0.1) is 25.4 Å². The second kappa shape index (κ2) is 59.1. The van der Waals surface area contributed by atoms with Crippen LogP contribution in [-0.4, -0.2) is 95.4 Å². The van der Waals surface area contributed by atoms with Gasteiger partial charge in [0.2, 0.25) is 5.91 Å². The number of rotatable bonds is 65. The average Bonchev–Trinajstić information content (AvgIpc) is 3.60. The molecule has 0 radical (unpaired) electrons. The fraction of sp³-hybridized carbons (Fsp3) is 0.986. The van der Waals surface area contributed by atoms with E-state index in [4.69, 9.17) is 9.47 Å². The minimum atomic E-state index is -5.08. The molecule has 1 saturated heterocycles. The smallest absolute Gasteiger partial charge is 0.394 e. The van der Waals surface area contributed by atoms with E-state index in [2.05, 4.69) is 23.3 Å². The van der Waals surface area contributed by atoms with E-state index in [-0.39, 0.29) is 12.5 Å². The van der Waals surface area contributed by atoms with Gasteiger partial charge in [-0.25, -0.2) is 4.18 Å². The zero-order chi connectivity index (χ0) is 59.7. The van der Waals surface area contributed by atoms with Gasteiger partial charge in [-0.15, -0.1) is 0 Å². The summed E-state index contributed by atoms with van der Waals surface area (Å²) in [6, 6.07) is -0.854. The van der Waals surface area contributed by atoms with Crippen molar-refractivity contribution in [2.75, 3.05) is 13.2 Å². The molecule has 0 aromatic heterocycles. The third-order valence-corrected chi connectivity index (χ3v) is 18.1. The van der Waals surface area contributed by atoms with Crippen LogP contribution in [0.5, 0.6) is 0 Å². The predicted molar refractivity (Wildman–Crippen MR) is 343 cm³/mol. The number of ether oxygens (including phenoxy) is 2. The highest BCUT2D eigenvalue weighted by Crippen LogP contribution is 2.27. The van der Waals surface area contributed by atoms with Gasteiger partial charge in [-0.1, -0.05) is 361 Å². The molecule has 0 aliphatic carbocycles. The highest BCUT2D eigenvalue weighted by Gasteiger charge is 2.48. The molecule has 1 rings (SSSR count). The van der Waals surface area contributed by atoms with Crippen LogP contribution in [0.4, 0.5) is 0 Å². The topological polar surface area (TPSA) is 192 Å². The summed E-state index contributed by atoms with van der Waals surface area (Å²) in [4.78, 5) is 13.2. The van der Waals surface area contributed by atoms with Crippen LogP contribution in [0.25, 0.3) is 0 Å². The molecule has 1 aliphatic rings. The standard InChI is InChI=1S/C69H137NO11S/c1-3-5-7-9-11-13-15-17-19-21-23-24-25-26-27-28-29-30-31-32-33-34-35-36-37-38-39-40-41-43-45-47-49-51-53-55-57-59-65(73)70-62(61-79-69-67(75)68(81-82(76,77)78)66(74)64(60-71)80-69)63(72)58-56-54-52-50-48-46-44-42-22-20-18-16-14-12-10-8-6-4-2/h62-64,66-69,71-72,74-75H,3-61H2,1-2H3,(H,70,73)(H,76,77,78). The zero-order valence-corrected chi connectivity index (χ0v) is 54.7.